The zero-order valence-electron chi connectivity index (χ0n) is 7.82. The molecule has 0 amide bonds. The molecule has 0 unspecified atom stereocenters. The third-order valence-corrected chi connectivity index (χ3v) is 2.02. The zero-order valence-corrected chi connectivity index (χ0v) is 8.64. The average molecular weight is 202 g/mol. The summed E-state index contributed by atoms with van der Waals surface area (Å²) < 4.78 is 0. The van der Waals surface area contributed by atoms with Crippen molar-refractivity contribution in [1.82, 2.24) is 0 Å². The quantitative estimate of drug-likeness (QED) is 0.454. The van der Waals surface area contributed by atoms with Crippen LogP contribution in [0.5, 0.6) is 0 Å². The highest BCUT2D eigenvalue weighted by Crippen LogP contribution is 2.13. The van der Waals surface area contributed by atoms with Crippen molar-refractivity contribution in [3.8, 4) is 6.07 Å². The molecule has 0 aliphatic rings. The van der Waals surface area contributed by atoms with Gasteiger partial charge in [-0.2, -0.15) is 5.26 Å². The predicted molar refractivity (Wildman–Crippen MR) is 61.4 cm³/mol. The van der Waals surface area contributed by atoms with Crippen molar-refractivity contribution < 1.29 is 0 Å². The predicted octanol–water partition coefficient (Wildman–Crippen LogP) is 2.27. The van der Waals surface area contributed by atoms with Gasteiger partial charge >= 0.3 is 0 Å². The third-order valence-electron chi connectivity index (χ3n) is 1.82. The van der Waals surface area contributed by atoms with Crippen molar-refractivity contribution in [2.45, 2.75) is 6.92 Å². The molecule has 1 aromatic carbocycles. The molecule has 0 aliphatic heterocycles. The first-order chi connectivity index (χ1) is 6.66. The maximum Gasteiger partial charge on any atom is 0.102 e. The van der Waals surface area contributed by atoms with Crippen LogP contribution in [0.2, 0.25) is 0 Å². The Morgan fingerprint density at radius 2 is 1.93 bits per heavy atom. The van der Waals surface area contributed by atoms with Crippen LogP contribution >= 0.6 is 12.2 Å². The Bertz CT molecular complexity index is 413. The lowest BCUT2D eigenvalue weighted by molar-refractivity contribution is 1.46. The highest BCUT2D eigenvalue weighted by Gasteiger charge is 2.06. The number of nitrogens with two attached hydrogens (primary N) is 1. The van der Waals surface area contributed by atoms with Gasteiger partial charge in [0.25, 0.3) is 0 Å². The van der Waals surface area contributed by atoms with E-state index in [0.717, 1.165) is 5.56 Å². The van der Waals surface area contributed by atoms with Crippen LogP contribution in [0.4, 0.5) is 0 Å². The highest BCUT2D eigenvalue weighted by molar-refractivity contribution is 7.80. The van der Waals surface area contributed by atoms with Gasteiger partial charge in [0.1, 0.15) is 6.07 Å². The van der Waals surface area contributed by atoms with Gasteiger partial charge in [-0.15, -0.1) is 0 Å². The lowest BCUT2D eigenvalue weighted by Gasteiger charge is -2.03. The number of nitrogens with zero attached hydrogens (tertiary/aromatic N) is 1. The molecule has 0 heterocycles. The number of hydrogen-bond donors (Lipinski definition) is 1. The molecular weight excluding hydrogens is 192 g/mol. The first-order valence-corrected chi connectivity index (χ1v) is 4.54. The molecular formula is C11H10N2S. The summed E-state index contributed by atoms with van der Waals surface area (Å²) in [5, 5.41) is 8.85. The van der Waals surface area contributed by atoms with Crippen molar-refractivity contribution in [3.05, 3.63) is 41.5 Å². The van der Waals surface area contributed by atoms with Crippen molar-refractivity contribution in [1.29, 1.82) is 5.26 Å². The summed E-state index contributed by atoms with van der Waals surface area (Å²) in [7, 11) is 0. The molecule has 0 bridgehead atoms. The van der Waals surface area contributed by atoms with Crippen LogP contribution in [0.25, 0.3) is 5.70 Å². The zero-order chi connectivity index (χ0) is 10.6. The number of benzene rings is 1. The molecule has 14 heavy (non-hydrogen) atoms. The van der Waals surface area contributed by atoms with E-state index in [-0.39, 0.29) is 0 Å². The van der Waals surface area contributed by atoms with Crippen molar-refractivity contribution in [2.24, 2.45) is 5.73 Å². The second kappa shape index (κ2) is 4.54. The number of thiocarbonyl (C=S) groups is 1. The molecule has 0 atom stereocenters. The third kappa shape index (κ3) is 2.18. The molecule has 0 fully saturated rings. The monoisotopic (exact) mass is 202 g/mol. The fraction of sp³-hybridized carbons (Fsp3) is 0.0909. The normalized spacial score (nSPS) is 11.4. The van der Waals surface area contributed by atoms with Gasteiger partial charge in [0.2, 0.25) is 0 Å². The Morgan fingerprint density at radius 3 is 2.36 bits per heavy atom. The smallest absolute Gasteiger partial charge is 0.102 e. The van der Waals surface area contributed by atoms with Gasteiger partial charge < -0.3 is 5.73 Å². The van der Waals surface area contributed by atoms with Crippen LogP contribution in [-0.4, -0.2) is 4.86 Å². The van der Waals surface area contributed by atoms with Crippen LogP contribution in [0.3, 0.4) is 0 Å². The topological polar surface area (TPSA) is 49.8 Å². The summed E-state index contributed by atoms with van der Waals surface area (Å²) in [6.07, 6.45) is 0. The van der Waals surface area contributed by atoms with E-state index in [1.54, 1.807) is 6.92 Å². The number of rotatable bonds is 2. The van der Waals surface area contributed by atoms with Crippen LogP contribution in [0.1, 0.15) is 12.5 Å². The van der Waals surface area contributed by atoms with Gasteiger partial charge in [-0.25, -0.2) is 0 Å². The Morgan fingerprint density at radius 1 is 1.36 bits per heavy atom. The van der Waals surface area contributed by atoms with E-state index in [4.69, 9.17) is 23.2 Å². The minimum absolute atomic E-state index is 0.381. The lowest BCUT2D eigenvalue weighted by Crippen LogP contribution is -2.04. The van der Waals surface area contributed by atoms with Gasteiger partial charge in [0.05, 0.1) is 11.3 Å². The van der Waals surface area contributed by atoms with Gasteiger partial charge in [0, 0.05) is 4.86 Å². The Labute approximate surface area is 88.7 Å². The average Bonchev–Trinajstić information content (AvgIpc) is 2.19. The Hall–Kier alpha value is -1.66. The summed E-state index contributed by atoms with van der Waals surface area (Å²) in [4.78, 5) is 0.522. The fourth-order valence-electron chi connectivity index (χ4n) is 1.09. The van der Waals surface area contributed by atoms with Gasteiger partial charge in [-0.3, -0.25) is 0 Å². The molecule has 0 saturated carbocycles. The fourth-order valence-corrected chi connectivity index (χ4v) is 1.25. The standard InChI is InChI=1S/C11H10N2S/c1-8(14)10(7-12)11(13)9-5-3-2-4-6-9/h2-6H,13H2,1H3/b11-10-. The molecule has 2 nitrogen and oxygen atoms in total. The number of hydrogen-bond acceptors (Lipinski definition) is 3. The van der Waals surface area contributed by atoms with Crippen LogP contribution in [-0.2, 0) is 0 Å². The Kier molecular flexibility index (Phi) is 3.38. The Balaban J connectivity index is 3.23. The van der Waals surface area contributed by atoms with Crippen LogP contribution in [0, 0.1) is 11.3 Å². The van der Waals surface area contributed by atoms with E-state index in [1.165, 1.54) is 0 Å². The van der Waals surface area contributed by atoms with E-state index in [1.807, 2.05) is 36.4 Å². The van der Waals surface area contributed by atoms with Gasteiger partial charge in [-0.1, -0.05) is 42.5 Å². The summed E-state index contributed by atoms with van der Waals surface area (Å²) in [6, 6.07) is 11.4. The van der Waals surface area contributed by atoms with E-state index >= 15 is 0 Å². The van der Waals surface area contributed by atoms with Gasteiger partial charge in [0.15, 0.2) is 0 Å². The van der Waals surface area contributed by atoms with Gasteiger partial charge in [-0.05, 0) is 12.5 Å². The molecule has 0 saturated heterocycles. The minimum atomic E-state index is 0.381. The second-order valence-electron chi connectivity index (χ2n) is 2.82. The first-order valence-electron chi connectivity index (χ1n) is 4.13. The molecule has 0 radical (unpaired) electrons. The largest absolute Gasteiger partial charge is 0.397 e. The molecule has 0 aliphatic carbocycles. The molecule has 70 valence electrons. The van der Waals surface area contributed by atoms with E-state index in [9.17, 15) is 0 Å². The summed E-state index contributed by atoms with van der Waals surface area (Å²) in [5.74, 6) is 0. The molecule has 1 rings (SSSR count). The summed E-state index contributed by atoms with van der Waals surface area (Å²) in [5.41, 5.74) is 7.47. The van der Waals surface area contributed by atoms with E-state index < -0.39 is 0 Å². The maximum absolute atomic E-state index is 8.85. The molecule has 1 aromatic rings. The molecule has 2 N–H and O–H groups in total. The van der Waals surface area contributed by atoms with Crippen LogP contribution < -0.4 is 5.73 Å². The van der Waals surface area contributed by atoms with Crippen molar-refractivity contribution in [2.75, 3.05) is 0 Å². The summed E-state index contributed by atoms with van der Waals surface area (Å²) in [6.45, 7) is 1.70. The highest BCUT2D eigenvalue weighted by atomic mass is 32.1. The second-order valence-corrected chi connectivity index (χ2v) is 3.44. The van der Waals surface area contributed by atoms with E-state index in [2.05, 4.69) is 0 Å². The summed E-state index contributed by atoms with van der Waals surface area (Å²) >= 11 is 4.93. The first kappa shape index (κ1) is 10.4. The lowest BCUT2D eigenvalue weighted by atomic mass is 10.1. The van der Waals surface area contributed by atoms with Crippen LogP contribution in [0.15, 0.2) is 35.9 Å². The number of nitriles is 1. The number of allylic oxidation sites excluding steroid dienone is 1. The molecule has 0 spiro atoms. The molecule has 3 heteroatoms. The SMILES string of the molecule is CC(=S)/C(C#N)=C(\N)c1ccccc1. The van der Waals surface area contributed by atoms with Crippen molar-refractivity contribution >= 4 is 22.8 Å². The van der Waals surface area contributed by atoms with E-state index in [0.29, 0.717) is 16.1 Å². The maximum atomic E-state index is 8.85. The van der Waals surface area contributed by atoms with Crippen molar-refractivity contribution in [3.63, 3.8) is 0 Å². The molecule has 0 aromatic heterocycles. The minimum Gasteiger partial charge on any atom is -0.397 e.